The maximum absolute atomic E-state index is 14.0. The molecule has 0 heterocycles. The molecule has 38 heavy (non-hydrogen) atoms. The Morgan fingerprint density at radius 1 is 0.842 bits per heavy atom. The fourth-order valence-electron chi connectivity index (χ4n) is 4.13. The average Bonchev–Trinajstić information content (AvgIpc) is 2.89. The number of carbonyl (C=O) groups excluding carboxylic acids is 2. The van der Waals surface area contributed by atoms with Gasteiger partial charge in [0.1, 0.15) is 12.6 Å². The van der Waals surface area contributed by atoms with Gasteiger partial charge in [-0.25, -0.2) is 8.42 Å². The molecule has 0 aliphatic heterocycles. The highest BCUT2D eigenvalue weighted by Gasteiger charge is 2.32. The number of nitrogens with one attached hydrogen (secondary N) is 1. The molecule has 0 spiro atoms. The Balaban J connectivity index is 2.02. The minimum absolute atomic E-state index is 0.168. The summed E-state index contributed by atoms with van der Waals surface area (Å²) < 4.78 is 26.7. The number of benzene rings is 3. The Bertz CT molecular complexity index is 1310. The van der Waals surface area contributed by atoms with Crippen LogP contribution in [0.1, 0.15) is 35.6 Å². The normalized spacial score (nSPS) is 12.0. The molecular formula is C30H37N3O4S. The zero-order valence-electron chi connectivity index (χ0n) is 22.6. The highest BCUT2D eigenvalue weighted by Crippen LogP contribution is 2.21. The van der Waals surface area contributed by atoms with E-state index in [1.54, 1.807) is 24.3 Å². The second-order valence-corrected chi connectivity index (χ2v) is 11.5. The maximum atomic E-state index is 14.0. The van der Waals surface area contributed by atoms with Crippen LogP contribution >= 0.6 is 0 Å². The molecule has 0 saturated carbocycles. The predicted octanol–water partition coefficient (Wildman–Crippen LogP) is 4.24. The summed E-state index contributed by atoms with van der Waals surface area (Å²) in [6.07, 6.45) is 2.14. The SMILES string of the molecule is CCCNC(=O)C(Cc1ccccc1)N(Cc1ccc(C)cc1)C(=O)CN(c1ccc(C)cc1)S(C)(=O)=O. The highest BCUT2D eigenvalue weighted by atomic mass is 32.2. The smallest absolute Gasteiger partial charge is 0.244 e. The number of rotatable bonds is 12. The first-order valence-corrected chi connectivity index (χ1v) is 14.6. The van der Waals surface area contributed by atoms with Crippen LogP contribution in [-0.4, -0.2) is 50.5 Å². The van der Waals surface area contributed by atoms with Crippen LogP contribution in [0, 0.1) is 13.8 Å². The van der Waals surface area contributed by atoms with E-state index >= 15 is 0 Å². The molecule has 0 saturated heterocycles. The van der Waals surface area contributed by atoms with Crippen LogP contribution in [0.25, 0.3) is 0 Å². The van der Waals surface area contributed by atoms with Crippen LogP contribution in [0.5, 0.6) is 0 Å². The second-order valence-electron chi connectivity index (χ2n) is 9.61. The zero-order valence-corrected chi connectivity index (χ0v) is 23.4. The maximum Gasteiger partial charge on any atom is 0.244 e. The Morgan fingerprint density at radius 2 is 1.42 bits per heavy atom. The van der Waals surface area contributed by atoms with Crippen molar-refractivity contribution in [2.75, 3.05) is 23.7 Å². The van der Waals surface area contributed by atoms with Crippen molar-refractivity contribution in [3.63, 3.8) is 0 Å². The van der Waals surface area contributed by atoms with E-state index in [1.807, 2.05) is 75.4 Å². The Hall–Kier alpha value is -3.65. The summed E-state index contributed by atoms with van der Waals surface area (Å²) in [7, 11) is -3.77. The van der Waals surface area contributed by atoms with Crippen LogP contribution in [0.2, 0.25) is 0 Å². The van der Waals surface area contributed by atoms with Crippen molar-refractivity contribution < 1.29 is 18.0 Å². The zero-order chi connectivity index (χ0) is 27.7. The molecule has 1 unspecified atom stereocenters. The van der Waals surface area contributed by atoms with Gasteiger partial charge in [-0.05, 0) is 43.5 Å². The Labute approximate surface area is 226 Å². The lowest BCUT2D eigenvalue weighted by Crippen LogP contribution is -2.53. The molecule has 3 aromatic carbocycles. The third kappa shape index (κ3) is 8.18. The fraction of sp³-hybridized carbons (Fsp3) is 0.333. The van der Waals surface area contributed by atoms with E-state index in [1.165, 1.54) is 4.90 Å². The van der Waals surface area contributed by atoms with E-state index < -0.39 is 28.5 Å². The molecule has 1 atom stereocenters. The first-order chi connectivity index (χ1) is 18.1. The quantitative estimate of drug-likeness (QED) is 0.376. The van der Waals surface area contributed by atoms with Crippen LogP contribution < -0.4 is 9.62 Å². The largest absolute Gasteiger partial charge is 0.354 e. The van der Waals surface area contributed by atoms with Crippen molar-refractivity contribution in [1.29, 1.82) is 0 Å². The highest BCUT2D eigenvalue weighted by molar-refractivity contribution is 7.92. The summed E-state index contributed by atoms with van der Waals surface area (Å²) in [6.45, 7) is 6.09. The summed E-state index contributed by atoms with van der Waals surface area (Å²) in [5.74, 6) is -0.721. The van der Waals surface area contributed by atoms with Gasteiger partial charge in [0.05, 0.1) is 11.9 Å². The van der Waals surface area contributed by atoms with Crippen LogP contribution in [-0.2, 0) is 32.6 Å². The molecule has 3 rings (SSSR count). The van der Waals surface area contributed by atoms with Gasteiger partial charge in [0.25, 0.3) is 0 Å². The van der Waals surface area contributed by atoms with Crippen molar-refractivity contribution in [3.8, 4) is 0 Å². The molecule has 2 amide bonds. The van der Waals surface area contributed by atoms with E-state index in [0.29, 0.717) is 18.7 Å². The summed E-state index contributed by atoms with van der Waals surface area (Å²) in [4.78, 5) is 28.9. The van der Waals surface area contributed by atoms with E-state index in [0.717, 1.165) is 39.2 Å². The lowest BCUT2D eigenvalue weighted by Gasteiger charge is -2.33. The molecule has 0 radical (unpaired) electrons. The number of anilines is 1. The summed E-state index contributed by atoms with van der Waals surface area (Å²) >= 11 is 0. The van der Waals surface area contributed by atoms with Gasteiger partial charge in [0.15, 0.2) is 0 Å². The molecular weight excluding hydrogens is 498 g/mol. The molecule has 0 aliphatic carbocycles. The van der Waals surface area contributed by atoms with Crippen molar-refractivity contribution in [2.24, 2.45) is 0 Å². The summed E-state index contributed by atoms with van der Waals surface area (Å²) in [5.41, 5.74) is 4.22. The van der Waals surface area contributed by atoms with Crippen LogP contribution in [0.15, 0.2) is 78.9 Å². The number of amides is 2. The van der Waals surface area contributed by atoms with Gasteiger partial charge in [-0.1, -0.05) is 84.8 Å². The van der Waals surface area contributed by atoms with Gasteiger partial charge in [-0.15, -0.1) is 0 Å². The first-order valence-electron chi connectivity index (χ1n) is 12.8. The number of aryl methyl sites for hydroxylation is 2. The Morgan fingerprint density at radius 3 is 1.97 bits per heavy atom. The number of hydrogen-bond donors (Lipinski definition) is 1. The molecule has 1 N–H and O–H groups in total. The molecule has 7 nitrogen and oxygen atoms in total. The summed E-state index contributed by atoms with van der Waals surface area (Å²) in [5, 5.41) is 2.94. The third-order valence-corrected chi connectivity index (χ3v) is 7.44. The number of sulfonamides is 1. The topological polar surface area (TPSA) is 86.8 Å². The second kappa shape index (κ2) is 13.2. The number of hydrogen-bond acceptors (Lipinski definition) is 4. The minimum Gasteiger partial charge on any atom is -0.354 e. The van der Waals surface area contributed by atoms with E-state index in [2.05, 4.69) is 5.32 Å². The van der Waals surface area contributed by atoms with Gasteiger partial charge in [-0.3, -0.25) is 13.9 Å². The van der Waals surface area contributed by atoms with E-state index in [-0.39, 0.29) is 12.5 Å². The molecule has 0 aliphatic rings. The molecule has 0 fully saturated rings. The van der Waals surface area contributed by atoms with Crippen LogP contribution in [0.4, 0.5) is 5.69 Å². The van der Waals surface area contributed by atoms with Crippen LogP contribution in [0.3, 0.4) is 0 Å². The Kier molecular flexibility index (Phi) is 10.1. The van der Waals surface area contributed by atoms with Gasteiger partial charge in [-0.2, -0.15) is 0 Å². The summed E-state index contributed by atoms with van der Waals surface area (Å²) in [6, 6.07) is 23.4. The molecule has 0 aromatic heterocycles. The lowest BCUT2D eigenvalue weighted by atomic mass is 10.0. The van der Waals surface area contributed by atoms with E-state index in [4.69, 9.17) is 0 Å². The average molecular weight is 536 g/mol. The molecule has 3 aromatic rings. The minimum atomic E-state index is -3.77. The monoisotopic (exact) mass is 535 g/mol. The third-order valence-electron chi connectivity index (χ3n) is 6.29. The van der Waals surface area contributed by atoms with Gasteiger partial charge >= 0.3 is 0 Å². The molecule has 202 valence electrons. The van der Waals surface area contributed by atoms with Crippen molar-refractivity contribution in [2.45, 2.75) is 46.2 Å². The van der Waals surface area contributed by atoms with Gasteiger partial charge < -0.3 is 10.2 Å². The number of carbonyl (C=O) groups is 2. The van der Waals surface area contributed by atoms with Crippen molar-refractivity contribution >= 4 is 27.5 Å². The van der Waals surface area contributed by atoms with Crippen molar-refractivity contribution in [3.05, 3.63) is 101 Å². The molecule has 8 heteroatoms. The van der Waals surface area contributed by atoms with Gasteiger partial charge in [0.2, 0.25) is 21.8 Å². The lowest BCUT2D eigenvalue weighted by molar-refractivity contribution is -0.140. The van der Waals surface area contributed by atoms with E-state index in [9.17, 15) is 18.0 Å². The van der Waals surface area contributed by atoms with Crippen molar-refractivity contribution in [1.82, 2.24) is 10.2 Å². The molecule has 0 bridgehead atoms. The standard InChI is InChI=1S/C30H37N3O4S/c1-5-19-31-30(35)28(20-25-9-7-6-8-10-25)32(21-26-15-11-23(2)12-16-26)29(34)22-33(38(4,36)37)27-17-13-24(3)14-18-27/h6-18,28H,5,19-22H2,1-4H3,(H,31,35). The number of nitrogens with zero attached hydrogens (tertiary/aromatic N) is 2. The predicted molar refractivity (Wildman–Crippen MR) is 152 cm³/mol. The van der Waals surface area contributed by atoms with Gasteiger partial charge in [0, 0.05) is 19.5 Å². The first kappa shape index (κ1) is 28.9. The fourth-order valence-corrected chi connectivity index (χ4v) is 4.98.